The van der Waals surface area contributed by atoms with Gasteiger partial charge in [0, 0.05) is 6.20 Å². The molecule has 0 saturated heterocycles. The van der Waals surface area contributed by atoms with Crippen molar-refractivity contribution in [2.24, 2.45) is 0 Å². The van der Waals surface area contributed by atoms with Crippen LogP contribution in [0.3, 0.4) is 0 Å². The minimum absolute atomic E-state index is 0.138. The Kier molecular flexibility index (Phi) is 2.46. The van der Waals surface area contributed by atoms with Gasteiger partial charge in [-0.2, -0.15) is 0 Å². The van der Waals surface area contributed by atoms with Crippen LogP contribution >= 0.6 is 15.9 Å². The van der Waals surface area contributed by atoms with Gasteiger partial charge in [0.05, 0.1) is 0 Å². The van der Waals surface area contributed by atoms with Crippen molar-refractivity contribution in [2.45, 2.75) is 0 Å². The van der Waals surface area contributed by atoms with Gasteiger partial charge in [-0.15, -0.1) is 15.0 Å². The first-order valence-electron chi connectivity index (χ1n) is 3.96. The second-order valence-electron chi connectivity index (χ2n) is 2.62. The van der Waals surface area contributed by atoms with Crippen LogP contribution in [0.4, 0.5) is 0 Å². The maximum absolute atomic E-state index is 10.7. The molecular formula is C8H5BrN4O2. The van der Waals surface area contributed by atoms with Crippen molar-refractivity contribution in [2.75, 3.05) is 0 Å². The molecule has 0 amide bonds. The SMILES string of the molecule is O=C(O)c1nn(-c2ccccn2)nc1Br. The van der Waals surface area contributed by atoms with E-state index in [4.69, 9.17) is 5.11 Å². The van der Waals surface area contributed by atoms with Gasteiger partial charge >= 0.3 is 5.97 Å². The Morgan fingerprint density at radius 3 is 2.73 bits per heavy atom. The van der Waals surface area contributed by atoms with E-state index >= 15 is 0 Å². The number of pyridine rings is 1. The highest BCUT2D eigenvalue weighted by Gasteiger charge is 2.16. The summed E-state index contributed by atoms with van der Waals surface area (Å²) in [4.78, 5) is 15.8. The molecule has 0 aromatic carbocycles. The quantitative estimate of drug-likeness (QED) is 0.883. The standard InChI is InChI=1S/C8H5BrN4O2/c9-7-6(8(14)15)11-13(12-7)5-3-1-2-4-10-5/h1-4H,(H,14,15). The van der Waals surface area contributed by atoms with E-state index in [1.165, 1.54) is 0 Å². The van der Waals surface area contributed by atoms with Crippen molar-refractivity contribution in [1.29, 1.82) is 0 Å². The van der Waals surface area contributed by atoms with Crippen molar-refractivity contribution >= 4 is 21.9 Å². The fraction of sp³-hybridized carbons (Fsp3) is 0. The number of aromatic carboxylic acids is 1. The van der Waals surface area contributed by atoms with Crippen molar-refractivity contribution in [1.82, 2.24) is 20.0 Å². The number of carboxylic acid groups (broad SMARTS) is 1. The smallest absolute Gasteiger partial charge is 0.359 e. The lowest BCUT2D eigenvalue weighted by molar-refractivity contribution is 0.0689. The van der Waals surface area contributed by atoms with Gasteiger partial charge in [0.15, 0.2) is 10.4 Å². The number of hydrogen-bond acceptors (Lipinski definition) is 4. The van der Waals surface area contributed by atoms with Gasteiger partial charge in [0.1, 0.15) is 0 Å². The van der Waals surface area contributed by atoms with Crippen LogP contribution in [0.5, 0.6) is 0 Å². The first kappa shape index (κ1) is 9.78. The Labute approximate surface area is 92.7 Å². The number of carbonyl (C=O) groups is 1. The van der Waals surface area contributed by atoms with Gasteiger partial charge < -0.3 is 5.11 Å². The average molecular weight is 269 g/mol. The van der Waals surface area contributed by atoms with Crippen LogP contribution in [0.1, 0.15) is 10.5 Å². The summed E-state index contributed by atoms with van der Waals surface area (Å²) in [5.74, 6) is -0.672. The summed E-state index contributed by atoms with van der Waals surface area (Å²) in [6.07, 6.45) is 1.58. The van der Waals surface area contributed by atoms with Crippen LogP contribution in [-0.4, -0.2) is 31.1 Å². The molecule has 0 unspecified atom stereocenters. The van der Waals surface area contributed by atoms with Crippen molar-refractivity contribution in [3.05, 3.63) is 34.7 Å². The lowest BCUT2D eigenvalue weighted by Gasteiger charge is -1.94. The van der Waals surface area contributed by atoms with Crippen LogP contribution in [0.2, 0.25) is 0 Å². The third-order valence-electron chi connectivity index (χ3n) is 1.63. The molecule has 0 saturated carbocycles. The molecule has 1 N–H and O–H groups in total. The van der Waals surface area contributed by atoms with Gasteiger partial charge in [0.2, 0.25) is 5.69 Å². The molecule has 0 aliphatic carbocycles. The predicted octanol–water partition coefficient (Wildman–Crippen LogP) is 1.12. The third-order valence-corrected chi connectivity index (χ3v) is 2.16. The fourth-order valence-corrected chi connectivity index (χ4v) is 1.39. The van der Waals surface area contributed by atoms with Crippen molar-refractivity contribution in [3.8, 4) is 5.82 Å². The molecule has 0 radical (unpaired) electrons. The normalized spacial score (nSPS) is 10.2. The molecule has 76 valence electrons. The summed E-state index contributed by atoms with van der Waals surface area (Å²) in [7, 11) is 0. The lowest BCUT2D eigenvalue weighted by Crippen LogP contribution is -2.03. The fourth-order valence-electron chi connectivity index (χ4n) is 0.994. The van der Waals surface area contributed by atoms with E-state index in [1.54, 1.807) is 24.4 Å². The molecule has 2 aromatic heterocycles. The molecule has 2 rings (SSSR count). The van der Waals surface area contributed by atoms with Gasteiger partial charge in [-0.25, -0.2) is 9.78 Å². The summed E-state index contributed by atoms with van der Waals surface area (Å²) in [6.45, 7) is 0. The van der Waals surface area contributed by atoms with E-state index in [9.17, 15) is 4.79 Å². The van der Waals surface area contributed by atoms with Crippen LogP contribution in [0, 0.1) is 0 Å². The van der Waals surface area contributed by atoms with E-state index in [-0.39, 0.29) is 10.3 Å². The van der Waals surface area contributed by atoms with Gasteiger partial charge in [-0.05, 0) is 28.1 Å². The first-order valence-corrected chi connectivity index (χ1v) is 4.75. The van der Waals surface area contributed by atoms with Crippen LogP contribution in [0.25, 0.3) is 5.82 Å². The van der Waals surface area contributed by atoms with Gasteiger partial charge in [-0.3, -0.25) is 0 Å². The minimum atomic E-state index is -1.14. The third kappa shape index (κ3) is 1.86. The summed E-state index contributed by atoms with van der Waals surface area (Å²) in [6, 6.07) is 5.19. The molecule has 2 heterocycles. The Morgan fingerprint density at radius 2 is 2.20 bits per heavy atom. The second-order valence-corrected chi connectivity index (χ2v) is 3.37. The van der Waals surface area contributed by atoms with E-state index in [0.717, 1.165) is 4.80 Å². The Morgan fingerprint density at radius 1 is 1.40 bits per heavy atom. The number of carboxylic acids is 1. The first-order chi connectivity index (χ1) is 7.18. The van der Waals surface area contributed by atoms with Gasteiger partial charge in [-0.1, -0.05) is 6.07 Å². The summed E-state index contributed by atoms with van der Waals surface area (Å²) in [5.41, 5.74) is -0.138. The Bertz CT molecular complexity index is 497. The zero-order valence-corrected chi connectivity index (χ0v) is 8.92. The molecule has 0 spiro atoms. The van der Waals surface area contributed by atoms with Crippen molar-refractivity contribution < 1.29 is 9.90 Å². The highest BCUT2D eigenvalue weighted by molar-refractivity contribution is 9.10. The molecule has 15 heavy (non-hydrogen) atoms. The molecule has 2 aromatic rings. The lowest BCUT2D eigenvalue weighted by atomic mass is 10.5. The maximum Gasteiger partial charge on any atom is 0.359 e. The van der Waals surface area contributed by atoms with Crippen LogP contribution in [0.15, 0.2) is 29.0 Å². The Hall–Kier alpha value is -1.76. The van der Waals surface area contributed by atoms with E-state index in [2.05, 4.69) is 31.1 Å². The molecule has 7 heteroatoms. The Balaban J connectivity index is 2.48. The second kappa shape index (κ2) is 3.77. The number of hydrogen-bond donors (Lipinski definition) is 1. The zero-order chi connectivity index (χ0) is 10.8. The number of rotatable bonds is 2. The van der Waals surface area contributed by atoms with E-state index in [0.29, 0.717) is 5.82 Å². The molecule has 0 aliphatic rings. The molecule has 0 fully saturated rings. The minimum Gasteiger partial charge on any atom is -0.476 e. The largest absolute Gasteiger partial charge is 0.476 e. The van der Waals surface area contributed by atoms with Crippen LogP contribution < -0.4 is 0 Å². The van der Waals surface area contributed by atoms with Crippen LogP contribution in [-0.2, 0) is 0 Å². The van der Waals surface area contributed by atoms with Crippen molar-refractivity contribution in [3.63, 3.8) is 0 Å². The predicted molar refractivity (Wildman–Crippen MR) is 53.8 cm³/mol. The molecular weight excluding hydrogens is 264 g/mol. The highest BCUT2D eigenvalue weighted by atomic mass is 79.9. The summed E-state index contributed by atoms with van der Waals surface area (Å²) >= 11 is 3.01. The number of halogens is 1. The summed E-state index contributed by atoms with van der Waals surface area (Å²) < 4.78 is 0.181. The summed E-state index contributed by atoms with van der Waals surface area (Å²) in [5, 5.41) is 16.4. The topological polar surface area (TPSA) is 80.9 Å². The number of nitrogens with zero attached hydrogens (tertiary/aromatic N) is 4. The average Bonchev–Trinajstić information content (AvgIpc) is 2.62. The van der Waals surface area contributed by atoms with E-state index in [1.807, 2.05) is 0 Å². The number of aromatic nitrogens is 4. The molecule has 0 atom stereocenters. The highest BCUT2D eigenvalue weighted by Crippen LogP contribution is 2.12. The molecule has 6 nitrogen and oxygen atoms in total. The monoisotopic (exact) mass is 268 g/mol. The molecule has 0 bridgehead atoms. The zero-order valence-electron chi connectivity index (χ0n) is 7.33. The van der Waals surface area contributed by atoms with E-state index < -0.39 is 5.97 Å². The maximum atomic E-state index is 10.7. The molecule has 0 aliphatic heterocycles. The van der Waals surface area contributed by atoms with Gasteiger partial charge in [0.25, 0.3) is 0 Å².